The molecular weight excluding hydrogens is 428 g/mol. The van der Waals surface area contributed by atoms with Crippen molar-refractivity contribution < 1.29 is 13.2 Å². The lowest BCUT2D eigenvalue weighted by atomic mass is 10.2. The highest BCUT2D eigenvalue weighted by atomic mass is 32.2. The summed E-state index contributed by atoms with van der Waals surface area (Å²) in [5.41, 5.74) is 7.46. The molecule has 2 aromatic carbocycles. The van der Waals surface area contributed by atoms with Crippen LogP contribution in [0.3, 0.4) is 0 Å². The van der Waals surface area contributed by atoms with Crippen molar-refractivity contribution >= 4 is 27.4 Å². The first-order chi connectivity index (χ1) is 15.2. The Morgan fingerprint density at radius 1 is 1.03 bits per heavy atom. The first-order valence-corrected chi connectivity index (χ1v) is 11.6. The minimum absolute atomic E-state index is 0.177. The SMILES string of the molecule is CN(C)CCNC(=O)Nc1ccc(-c2nc(N)cc(CS(=O)(=O)c3ccccc3)n2)cc1. The lowest BCUT2D eigenvalue weighted by Gasteiger charge is -2.11. The highest BCUT2D eigenvalue weighted by Crippen LogP contribution is 2.22. The molecule has 3 rings (SSSR count). The van der Waals surface area contributed by atoms with E-state index in [4.69, 9.17) is 5.73 Å². The largest absolute Gasteiger partial charge is 0.384 e. The average molecular weight is 455 g/mol. The van der Waals surface area contributed by atoms with Crippen LogP contribution in [0.15, 0.2) is 65.6 Å². The number of nitrogens with one attached hydrogen (secondary N) is 2. The second-order valence-electron chi connectivity index (χ2n) is 7.44. The van der Waals surface area contributed by atoms with Gasteiger partial charge < -0.3 is 21.3 Å². The van der Waals surface area contributed by atoms with E-state index < -0.39 is 9.84 Å². The summed E-state index contributed by atoms with van der Waals surface area (Å²) in [6.45, 7) is 1.27. The highest BCUT2D eigenvalue weighted by molar-refractivity contribution is 7.90. The third-order valence-electron chi connectivity index (χ3n) is 4.48. The number of amides is 2. The van der Waals surface area contributed by atoms with Gasteiger partial charge in [-0.05, 0) is 50.5 Å². The lowest BCUT2D eigenvalue weighted by Crippen LogP contribution is -2.34. The molecule has 9 nitrogen and oxygen atoms in total. The van der Waals surface area contributed by atoms with E-state index in [-0.39, 0.29) is 22.5 Å². The summed E-state index contributed by atoms with van der Waals surface area (Å²) in [6.07, 6.45) is 0. The molecule has 32 heavy (non-hydrogen) atoms. The smallest absolute Gasteiger partial charge is 0.319 e. The summed E-state index contributed by atoms with van der Waals surface area (Å²) in [4.78, 5) is 22.8. The van der Waals surface area contributed by atoms with Gasteiger partial charge in [-0.25, -0.2) is 23.2 Å². The van der Waals surface area contributed by atoms with Crippen LogP contribution in [0, 0.1) is 0 Å². The van der Waals surface area contributed by atoms with E-state index in [0.29, 0.717) is 29.3 Å². The molecule has 0 aliphatic rings. The fourth-order valence-corrected chi connectivity index (χ4v) is 4.17. The molecule has 1 aromatic heterocycles. The van der Waals surface area contributed by atoms with Crippen molar-refractivity contribution in [3.05, 3.63) is 66.4 Å². The number of sulfone groups is 1. The van der Waals surface area contributed by atoms with Crippen molar-refractivity contribution in [1.29, 1.82) is 0 Å². The number of aromatic nitrogens is 2. The summed E-state index contributed by atoms with van der Waals surface area (Å²) >= 11 is 0. The average Bonchev–Trinajstić information content (AvgIpc) is 2.74. The van der Waals surface area contributed by atoms with E-state index in [1.54, 1.807) is 54.6 Å². The Hall–Kier alpha value is -3.50. The van der Waals surface area contributed by atoms with Crippen molar-refractivity contribution in [3.8, 4) is 11.4 Å². The number of hydrogen-bond acceptors (Lipinski definition) is 7. The number of nitrogens with zero attached hydrogens (tertiary/aromatic N) is 3. The molecule has 0 unspecified atom stereocenters. The van der Waals surface area contributed by atoms with Crippen LogP contribution in [0.4, 0.5) is 16.3 Å². The van der Waals surface area contributed by atoms with E-state index in [1.807, 2.05) is 19.0 Å². The second kappa shape index (κ2) is 10.2. The van der Waals surface area contributed by atoms with Gasteiger partial charge in [0.15, 0.2) is 15.7 Å². The molecule has 4 N–H and O–H groups in total. The third-order valence-corrected chi connectivity index (χ3v) is 6.15. The van der Waals surface area contributed by atoms with Crippen LogP contribution < -0.4 is 16.4 Å². The van der Waals surface area contributed by atoms with Crippen LogP contribution in [0.25, 0.3) is 11.4 Å². The zero-order valence-electron chi connectivity index (χ0n) is 17.9. The monoisotopic (exact) mass is 454 g/mol. The zero-order valence-corrected chi connectivity index (χ0v) is 18.8. The van der Waals surface area contributed by atoms with Gasteiger partial charge in [-0.3, -0.25) is 0 Å². The van der Waals surface area contributed by atoms with Gasteiger partial charge in [-0.15, -0.1) is 0 Å². The van der Waals surface area contributed by atoms with Gasteiger partial charge in [0.2, 0.25) is 0 Å². The van der Waals surface area contributed by atoms with Gasteiger partial charge in [0.25, 0.3) is 0 Å². The number of likely N-dealkylation sites (N-methyl/N-ethyl adjacent to an activating group) is 1. The number of anilines is 2. The lowest BCUT2D eigenvalue weighted by molar-refractivity contribution is 0.250. The Balaban J connectivity index is 1.72. The summed E-state index contributed by atoms with van der Waals surface area (Å²) in [5.74, 6) is 0.199. The normalized spacial score (nSPS) is 11.3. The van der Waals surface area contributed by atoms with Crippen LogP contribution in [-0.2, 0) is 15.6 Å². The summed E-state index contributed by atoms with van der Waals surface area (Å²) in [6, 6.07) is 16.3. The molecule has 2 amide bonds. The number of nitrogen functional groups attached to an aromatic ring is 1. The molecule has 1 heterocycles. The van der Waals surface area contributed by atoms with Crippen molar-refractivity contribution in [1.82, 2.24) is 20.2 Å². The van der Waals surface area contributed by atoms with Gasteiger partial charge in [0, 0.05) is 30.4 Å². The minimum Gasteiger partial charge on any atom is -0.384 e. The van der Waals surface area contributed by atoms with Gasteiger partial charge in [0.05, 0.1) is 16.3 Å². The molecular formula is C22H26N6O3S. The number of benzene rings is 2. The Morgan fingerprint density at radius 3 is 2.38 bits per heavy atom. The van der Waals surface area contributed by atoms with E-state index in [1.165, 1.54) is 6.07 Å². The Kier molecular flexibility index (Phi) is 7.39. The number of nitrogens with two attached hydrogens (primary N) is 1. The Bertz CT molecular complexity index is 1170. The molecule has 168 valence electrons. The molecule has 0 bridgehead atoms. The van der Waals surface area contributed by atoms with E-state index in [9.17, 15) is 13.2 Å². The topological polar surface area (TPSA) is 130 Å². The van der Waals surface area contributed by atoms with Crippen LogP contribution in [0.2, 0.25) is 0 Å². The van der Waals surface area contributed by atoms with Crippen molar-refractivity contribution in [2.24, 2.45) is 0 Å². The number of carbonyl (C=O) groups excluding carboxylic acids is 1. The summed E-state index contributed by atoms with van der Waals surface area (Å²) in [7, 11) is 0.294. The van der Waals surface area contributed by atoms with E-state index in [2.05, 4.69) is 20.6 Å². The van der Waals surface area contributed by atoms with Crippen molar-refractivity contribution in [3.63, 3.8) is 0 Å². The molecule has 0 radical (unpaired) electrons. The molecule has 0 fully saturated rings. The van der Waals surface area contributed by atoms with Gasteiger partial charge in [-0.2, -0.15) is 0 Å². The molecule has 0 saturated heterocycles. The number of hydrogen-bond donors (Lipinski definition) is 3. The quantitative estimate of drug-likeness (QED) is 0.476. The van der Waals surface area contributed by atoms with E-state index >= 15 is 0 Å². The van der Waals surface area contributed by atoms with E-state index in [0.717, 1.165) is 6.54 Å². The maximum Gasteiger partial charge on any atom is 0.319 e. The van der Waals surface area contributed by atoms with Crippen LogP contribution in [-0.4, -0.2) is 56.5 Å². The van der Waals surface area contributed by atoms with Gasteiger partial charge in [0.1, 0.15) is 5.82 Å². The standard InChI is InChI=1S/C22H26N6O3S/c1-28(2)13-12-24-22(29)26-17-10-8-16(9-11-17)21-25-18(14-20(23)27-21)15-32(30,31)19-6-4-3-5-7-19/h3-11,14H,12-13,15H2,1-2H3,(H2,23,25,27)(H2,24,26,29). The fraction of sp³-hybridized carbons (Fsp3) is 0.227. The maximum atomic E-state index is 12.7. The number of carbonyl (C=O) groups is 1. The molecule has 3 aromatic rings. The number of urea groups is 1. The summed E-state index contributed by atoms with van der Waals surface area (Å²) in [5, 5.41) is 5.52. The van der Waals surface area contributed by atoms with Crippen LogP contribution in [0.1, 0.15) is 5.69 Å². The number of rotatable bonds is 8. The predicted octanol–water partition coefficient (Wildman–Crippen LogP) is 2.38. The molecule has 0 atom stereocenters. The van der Waals surface area contributed by atoms with Gasteiger partial charge in [-0.1, -0.05) is 18.2 Å². The molecule has 0 saturated carbocycles. The maximum absolute atomic E-state index is 12.7. The molecule has 0 aliphatic heterocycles. The first-order valence-electron chi connectivity index (χ1n) is 9.94. The Morgan fingerprint density at radius 2 is 1.72 bits per heavy atom. The molecule has 0 spiro atoms. The zero-order chi connectivity index (χ0) is 23.1. The van der Waals surface area contributed by atoms with Crippen LogP contribution in [0.5, 0.6) is 0 Å². The van der Waals surface area contributed by atoms with Gasteiger partial charge >= 0.3 is 6.03 Å². The fourth-order valence-electron chi connectivity index (χ4n) is 2.90. The van der Waals surface area contributed by atoms with Crippen molar-refractivity contribution in [2.45, 2.75) is 10.6 Å². The second-order valence-corrected chi connectivity index (χ2v) is 9.43. The summed E-state index contributed by atoms with van der Waals surface area (Å²) < 4.78 is 25.3. The molecule has 10 heteroatoms. The Labute approximate surface area is 187 Å². The predicted molar refractivity (Wildman–Crippen MR) is 125 cm³/mol. The van der Waals surface area contributed by atoms with Crippen LogP contribution >= 0.6 is 0 Å². The first kappa shape index (κ1) is 23.2. The third kappa shape index (κ3) is 6.50. The minimum atomic E-state index is -3.57. The highest BCUT2D eigenvalue weighted by Gasteiger charge is 2.17. The van der Waals surface area contributed by atoms with Crippen molar-refractivity contribution in [2.75, 3.05) is 38.2 Å². The molecule has 0 aliphatic carbocycles.